The fourth-order valence-corrected chi connectivity index (χ4v) is 3.08. The zero-order chi connectivity index (χ0) is 19.1. The number of carboxylic acids is 1. The normalized spacial score (nSPS) is 19.2. The number of hydrogen-bond acceptors (Lipinski definition) is 6. The lowest BCUT2D eigenvalue weighted by molar-refractivity contribution is -0.149. The number of furan rings is 1. The molecule has 3 atom stereocenters. The number of likely N-dealkylation sites (tertiary alicyclic amines) is 1. The molecular formula is C17H26N4O5. The number of nitrogens with zero attached hydrogens (tertiary/aromatic N) is 1. The molecule has 9 nitrogen and oxygen atoms in total. The second-order valence-electron chi connectivity index (χ2n) is 6.41. The number of nitrogens with one attached hydrogen (secondary N) is 1. The van der Waals surface area contributed by atoms with Crippen molar-refractivity contribution in [2.45, 2.75) is 50.2 Å². The van der Waals surface area contributed by atoms with Crippen molar-refractivity contribution < 1.29 is 23.9 Å². The Kier molecular flexibility index (Phi) is 7.16. The molecule has 6 N–H and O–H groups in total. The van der Waals surface area contributed by atoms with Gasteiger partial charge in [-0.25, -0.2) is 4.79 Å². The molecule has 0 unspecified atom stereocenters. The summed E-state index contributed by atoms with van der Waals surface area (Å²) in [6.45, 7) is 0.726. The van der Waals surface area contributed by atoms with Gasteiger partial charge in [0.1, 0.15) is 17.8 Å². The van der Waals surface area contributed by atoms with Crippen LogP contribution in [0.3, 0.4) is 0 Å². The maximum Gasteiger partial charge on any atom is 0.326 e. The SMILES string of the molecule is NCCC[C@H](NC(=O)[C@@H](N)Cc1ccco1)C(=O)N1CCC[C@H]1C(=O)O. The Labute approximate surface area is 151 Å². The fraction of sp³-hybridized carbons (Fsp3) is 0.588. The minimum atomic E-state index is -1.03. The van der Waals surface area contributed by atoms with E-state index in [1.165, 1.54) is 11.2 Å². The number of carbonyl (C=O) groups is 3. The van der Waals surface area contributed by atoms with Crippen LogP contribution in [0.25, 0.3) is 0 Å². The van der Waals surface area contributed by atoms with Gasteiger partial charge in [0.15, 0.2) is 0 Å². The van der Waals surface area contributed by atoms with Crippen LogP contribution in [0.2, 0.25) is 0 Å². The van der Waals surface area contributed by atoms with Crippen molar-refractivity contribution in [3.63, 3.8) is 0 Å². The van der Waals surface area contributed by atoms with Crippen LogP contribution < -0.4 is 16.8 Å². The molecule has 1 aromatic heterocycles. The van der Waals surface area contributed by atoms with Crippen LogP contribution in [-0.2, 0) is 20.8 Å². The summed E-state index contributed by atoms with van der Waals surface area (Å²) < 4.78 is 5.18. The Morgan fingerprint density at radius 2 is 2.19 bits per heavy atom. The molecule has 2 rings (SSSR count). The fourth-order valence-electron chi connectivity index (χ4n) is 3.08. The number of amides is 2. The maximum atomic E-state index is 12.8. The van der Waals surface area contributed by atoms with Crippen molar-refractivity contribution >= 4 is 17.8 Å². The molecule has 1 fully saturated rings. The molecule has 0 aromatic carbocycles. The molecule has 1 aromatic rings. The summed E-state index contributed by atoms with van der Waals surface area (Å²) >= 11 is 0. The summed E-state index contributed by atoms with van der Waals surface area (Å²) in [7, 11) is 0. The van der Waals surface area contributed by atoms with E-state index in [-0.39, 0.29) is 6.42 Å². The van der Waals surface area contributed by atoms with E-state index in [4.69, 9.17) is 15.9 Å². The van der Waals surface area contributed by atoms with Gasteiger partial charge >= 0.3 is 5.97 Å². The van der Waals surface area contributed by atoms with Gasteiger partial charge in [0, 0.05) is 13.0 Å². The van der Waals surface area contributed by atoms with E-state index >= 15 is 0 Å². The van der Waals surface area contributed by atoms with E-state index in [2.05, 4.69) is 5.32 Å². The maximum absolute atomic E-state index is 12.8. The van der Waals surface area contributed by atoms with Crippen LogP contribution in [0.5, 0.6) is 0 Å². The zero-order valence-corrected chi connectivity index (χ0v) is 14.6. The summed E-state index contributed by atoms with van der Waals surface area (Å²) in [5, 5.41) is 11.9. The van der Waals surface area contributed by atoms with Crippen LogP contribution >= 0.6 is 0 Å². The number of aliphatic carboxylic acids is 1. The molecule has 2 amide bonds. The van der Waals surface area contributed by atoms with Crippen LogP contribution in [0.4, 0.5) is 0 Å². The molecule has 0 spiro atoms. The van der Waals surface area contributed by atoms with Gasteiger partial charge in [-0.2, -0.15) is 0 Å². The lowest BCUT2D eigenvalue weighted by Crippen LogP contribution is -2.54. The van der Waals surface area contributed by atoms with Crippen molar-refractivity contribution in [1.29, 1.82) is 0 Å². The predicted molar refractivity (Wildman–Crippen MR) is 93.0 cm³/mol. The first-order chi connectivity index (χ1) is 12.4. The third kappa shape index (κ3) is 5.06. The Morgan fingerprint density at radius 3 is 2.81 bits per heavy atom. The number of nitrogens with two attached hydrogens (primary N) is 2. The average molecular weight is 366 g/mol. The van der Waals surface area contributed by atoms with Gasteiger partial charge in [-0.3, -0.25) is 9.59 Å². The summed E-state index contributed by atoms with van der Waals surface area (Å²) in [5.41, 5.74) is 11.4. The molecule has 1 aliphatic heterocycles. The molecule has 0 radical (unpaired) electrons. The topological polar surface area (TPSA) is 152 Å². The summed E-state index contributed by atoms with van der Waals surface area (Å²) in [6.07, 6.45) is 3.59. The summed E-state index contributed by atoms with van der Waals surface area (Å²) in [5.74, 6) is -1.35. The van der Waals surface area contributed by atoms with Crippen LogP contribution in [-0.4, -0.2) is 59.0 Å². The number of hydrogen-bond donors (Lipinski definition) is 4. The summed E-state index contributed by atoms with van der Waals surface area (Å²) in [6, 6.07) is 0.854. The number of carbonyl (C=O) groups excluding carboxylic acids is 2. The number of rotatable bonds is 9. The Bertz CT molecular complexity index is 619. The van der Waals surface area contributed by atoms with Crippen LogP contribution in [0.1, 0.15) is 31.4 Å². The monoisotopic (exact) mass is 366 g/mol. The second-order valence-corrected chi connectivity index (χ2v) is 6.41. The highest BCUT2D eigenvalue weighted by Gasteiger charge is 2.37. The van der Waals surface area contributed by atoms with Gasteiger partial charge in [-0.05, 0) is 44.4 Å². The van der Waals surface area contributed by atoms with Gasteiger partial charge in [0.2, 0.25) is 11.8 Å². The van der Waals surface area contributed by atoms with Crippen LogP contribution in [0, 0.1) is 0 Å². The standard InChI is InChI=1S/C17H26N4O5/c18-7-1-5-13(16(23)21-8-2-6-14(21)17(24)25)20-15(22)12(19)10-11-4-3-9-26-11/h3-4,9,12-14H,1-2,5-8,10,18-19H2,(H,20,22)(H,24,25)/t12-,13-,14-/m0/s1. The van der Waals surface area contributed by atoms with Gasteiger partial charge in [0.05, 0.1) is 12.3 Å². The Balaban J connectivity index is 2.02. The van der Waals surface area contributed by atoms with E-state index in [1.54, 1.807) is 12.1 Å². The lowest BCUT2D eigenvalue weighted by atomic mass is 10.1. The minimum Gasteiger partial charge on any atom is -0.480 e. The molecule has 2 heterocycles. The molecule has 9 heteroatoms. The van der Waals surface area contributed by atoms with Gasteiger partial charge in [-0.15, -0.1) is 0 Å². The Morgan fingerprint density at radius 1 is 1.42 bits per heavy atom. The van der Waals surface area contributed by atoms with E-state index in [1.807, 2.05) is 0 Å². The highest BCUT2D eigenvalue weighted by molar-refractivity contribution is 5.92. The van der Waals surface area contributed by atoms with E-state index in [0.29, 0.717) is 44.5 Å². The first-order valence-electron chi connectivity index (χ1n) is 8.75. The molecule has 1 saturated heterocycles. The first kappa shape index (κ1) is 19.9. The van der Waals surface area contributed by atoms with Crippen molar-refractivity contribution in [3.05, 3.63) is 24.2 Å². The lowest BCUT2D eigenvalue weighted by Gasteiger charge is -2.28. The molecule has 0 aliphatic carbocycles. The molecule has 0 bridgehead atoms. The van der Waals surface area contributed by atoms with Crippen molar-refractivity contribution in [2.75, 3.05) is 13.1 Å². The highest BCUT2D eigenvalue weighted by Crippen LogP contribution is 2.19. The first-order valence-corrected chi connectivity index (χ1v) is 8.75. The molecule has 0 saturated carbocycles. The van der Waals surface area contributed by atoms with Gasteiger partial charge in [-0.1, -0.05) is 0 Å². The van der Waals surface area contributed by atoms with Crippen molar-refractivity contribution in [1.82, 2.24) is 10.2 Å². The quantitative estimate of drug-likeness (QED) is 0.457. The summed E-state index contributed by atoms with van der Waals surface area (Å²) in [4.78, 5) is 37.8. The smallest absolute Gasteiger partial charge is 0.326 e. The Hall–Kier alpha value is -2.39. The van der Waals surface area contributed by atoms with Crippen LogP contribution in [0.15, 0.2) is 22.8 Å². The van der Waals surface area contributed by atoms with E-state index < -0.39 is 35.9 Å². The molecule has 144 valence electrons. The van der Waals surface area contributed by atoms with Gasteiger partial charge in [0.25, 0.3) is 0 Å². The largest absolute Gasteiger partial charge is 0.480 e. The number of carboxylic acid groups (broad SMARTS) is 1. The predicted octanol–water partition coefficient (Wildman–Crippen LogP) is -0.551. The molecule has 1 aliphatic rings. The molecular weight excluding hydrogens is 340 g/mol. The van der Waals surface area contributed by atoms with E-state index in [9.17, 15) is 19.5 Å². The average Bonchev–Trinajstić information content (AvgIpc) is 3.29. The third-order valence-corrected chi connectivity index (χ3v) is 4.47. The van der Waals surface area contributed by atoms with E-state index in [0.717, 1.165) is 0 Å². The zero-order valence-electron chi connectivity index (χ0n) is 14.6. The van der Waals surface area contributed by atoms with Crippen molar-refractivity contribution in [3.8, 4) is 0 Å². The third-order valence-electron chi connectivity index (χ3n) is 4.47. The van der Waals surface area contributed by atoms with Gasteiger partial charge < -0.3 is 31.2 Å². The minimum absolute atomic E-state index is 0.206. The van der Waals surface area contributed by atoms with Crippen molar-refractivity contribution in [2.24, 2.45) is 11.5 Å². The highest BCUT2D eigenvalue weighted by atomic mass is 16.4. The molecule has 26 heavy (non-hydrogen) atoms. The second kappa shape index (κ2) is 9.35.